The van der Waals surface area contributed by atoms with Crippen LogP contribution in [0.3, 0.4) is 0 Å². The van der Waals surface area contributed by atoms with Gasteiger partial charge < -0.3 is 20.1 Å². The van der Waals surface area contributed by atoms with E-state index in [0.29, 0.717) is 5.56 Å². The first-order valence-electron chi connectivity index (χ1n) is 7.69. The zero-order valence-electron chi connectivity index (χ0n) is 13.4. The summed E-state index contributed by atoms with van der Waals surface area (Å²) in [6.45, 7) is 2.24. The van der Waals surface area contributed by atoms with E-state index in [4.69, 9.17) is 4.74 Å². The molecule has 1 aromatic heterocycles. The molecule has 0 saturated carbocycles. The summed E-state index contributed by atoms with van der Waals surface area (Å²) < 4.78 is 4.77. The fourth-order valence-corrected chi connectivity index (χ4v) is 2.57. The number of carbonyl (C=O) groups excluding carboxylic acids is 1. The average Bonchev–Trinajstić information content (AvgIpc) is 2.89. The first-order valence-corrected chi connectivity index (χ1v) is 7.69. The number of hydrogen-bond donors (Lipinski definition) is 3. The van der Waals surface area contributed by atoms with Crippen LogP contribution in [0, 0.1) is 0 Å². The number of hydrogen-bond acceptors (Lipinski definition) is 3. The Kier molecular flexibility index (Phi) is 5.76. The van der Waals surface area contributed by atoms with E-state index in [1.165, 1.54) is 12.7 Å². The van der Waals surface area contributed by atoms with Crippen LogP contribution in [0.1, 0.15) is 41.4 Å². The highest BCUT2D eigenvalue weighted by Crippen LogP contribution is 2.24. The molecule has 0 aliphatic rings. The molecule has 0 unspecified atom stereocenters. The molecule has 1 aromatic carbocycles. The van der Waals surface area contributed by atoms with Crippen LogP contribution < -0.4 is 5.32 Å². The van der Waals surface area contributed by atoms with Gasteiger partial charge in [0.15, 0.2) is 0 Å². The third-order valence-corrected chi connectivity index (χ3v) is 3.74. The van der Waals surface area contributed by atoms with Crippen molar-refractivity contribution in [3.63, 3.8) is 0 Å². The van der Waals surface area contributed by atoms with Gasteiger partial charge in [0.25, 0.3) is 0 Å². The molecule has 2 aromatic rings. The Bertz CT molecular complexity index is 706. The Hall–Kier alpha value is -2.34. The molecule has 2 rings (SSSR count). The number of carbonyl (C=O) groups is 2. The third kappa shape index (κ3) is 4.10. The lowest BCUT2D eigenvalue weighted by atomic mass is 10.0. The quantitative estimate of drug-likeness (QED) is 0.697. The first kappa shape index (κ1) is 17.0. The summed E-state index contributed by atoms with van der Waals surface area (Å²) in [5.41, 5.74) is 2.64. The van der Waals surface area contributed by atoms with Crippen molar-refractivity contribution in [2.75, 3.05) is 13.7 Å². The highest BCUT2D eigenvalue weighted by atomic mass is 16.5. The molecule has 0 aliphatic heterocycles. The second-order valence-corrected chi connectivity index (χ2v) is 5.48. The van der Waals surface area contributed by atoms with Gasteiger partial charge in [0.05, 0.1) is 0 Å². The van der Waals surface area contributed by atoms with Crippen LogP contribution in [-0.4, -0.2) is 35.7 Å². The summed E-state index contributed by atoms with van der Waals surface area (Å²) in [7, 11) is 1.44. The maximum absolute atomic E-state index is 11.6. The molecule has 1 heterocycles. The van der Waals surface area contributed by atoms with Crippen molar-refractivity contribution in [3.8, 4) is 0 Å². The number of benzene rings is 1. The molecule has 0 radical (unpaired) electrons. The Morgan fingerprint density at radius 1 is 1.35 bits per heavy atom. The van der Waals surface area contributed by atoms with E-state index < -0.39 is 5.97 Å². The van der Waals surface area contributed by atoms with E-state index in [1.807, 2.05) is 18.2 Å². The number of fused-ring (bicyclic) bond motifs is 1. The number of aromatic nitrogens is 1. The van der Waals surface area contributed by atoms with E-state index in [2.05, 4.69) is 17.2 Å². The number of carboxylic acid groups (broad SMARTS) is 1. The Morgan fingerprint density at radius 3 is 2.78 bits per heavy atom. The van der Waals surface area contributed by atoms with Gasteiger partial charge in [-0.1, -0.05) is 19.4 Å². The number of unbranched alkanes of at least 4 members (excludes halogenated alkanes) is 1. The number of aryl methyl sites for hydroxylation is 1. The lowest BCUT2D eigenvalue weighted by Crippen LogP contribution is -2.27. The van der Waals surface area contributed by atoms with Crippen molar-refractivity contribution >= 4 is 22.8 Å². The molecule has 0 saturated heterocycles. The van der Waals surface area contributed by atoms with Crippen LogP contribution in [0.15, 0.2) is 18.2 Å². The summed E-state index contributed by atoms with van der Waals surface area (Å²) in [5.74, 6) is -1.31. The molecule has 0 aliphatic carbocycles. The minimum atomic E-state index is -1.03. The molecule has 0 fully saturated rings. The summed E-state index contributed by atoms with van der Waals surface area (Å²) >= 11 is 0. The largest absolute Gasteiger partial charge is 0.477 e. The zero-order valence-corrected chi connectivity index (χ0v) is 13.4. The Morgan fingerprint density at radius 2 is 2.13 bits per heavy atom. The number of aromatic amines is 1. The smallest absolute Gasteiger partial charge is 0.352 e. The molecule has 3 N–H and O–H groups in total. The van der Waals surface area contributed by atoms with Crippen molar-refractivity contribution in [1.29, 1.82) is 0 Å². The molecule has 124 valence electrons. The van der Waals surface area contributed by atoms with Crippen molar-refractivity contribution in [2.45, 2.75) is 32.7 Å². The van der Waals surface area contributed by atoms with Crippen LogP contribution in [0.2, 0.25) is 0 Å². The van der Waals surface area contributed by atoms with Gasteiger partial charge in [0.1, 0.15) is 12.3 Å². The molecule has 6 nitrogen and oxygen atoms in total. The van der Waals surface area contributed by atoms with Crippen LogP contribution in [0.5, 0.6) is 0 Å². The summed E-state index contributed by atoms with van der Waals surface area (Å²) in [6, 6.07) is 5.91. The van der Waals surface area contributed by atoms with Crippen LogP contribution in [0.4, 0.5) is 0 Å². The van der Waals surface area contributed by atoms with Crippen molar-refractivity contribution in [1.82, 2.24) is 10.3 Å². The number of nitrogens with one attached hydrogen (secondary N) is 2. The third-order valence-electron chi connectivity index (χ3n) is 3.74. The van der Waals surface area contributed by atoms with Gasteiger partial charge in [-0.2, -0.15) is 0 Å². The summed E-state index contributed by atoms with van der Waals surface area (Å²) in [4.78, 5) is 25.9. The highest BCUT2D eigenvalue weighted by molar-refractivity contribution is 5.97. The van der Waals surface area contributed by atoms with E-state index in [0.717, 1.165) is 30.2 Å². The minimum Gasteiger partial charge on any atom is -0.477 e. The number of amides is 1. The van der Waals surface area contributed by atoms with Gasteiger partial charge in [-0.05, 0) is 30.5 Å². The molecule has 23 heavy (non-hydrogen) atoms. The maximum Gasteiger partial charge on any atom is 0.352 e. The van der Waals surface area contributed by atoms with Gasteiger partial charge in [-0.3, -0.25) is 4.79 Å². The molecular weight excluding hydrogens is 296 g/mol. The van der Waals surface area contributed by atoms with Crippen molar-refractivity contribution < 1.29 is 19.4 Å². The fraction of sp³-hybridized carbons (Fsp3) is 0.412. The number of H-pyrrole nitrogens is 1. The summed E-state index contributed by atoms with van der Waals surface area (Å²) in [6.07, 6.45) is 3.14. The Balaban J connectivity index is 2.34. The van der Waals surface area contributed by atoms with Gasteiger partial charge in [0.2, 0.25) is 5.91 Å². The van der Waals surface area contributed by atoms with Gasteiger partial charge in [-0.25, -0.2) is 4.79 Å². The number of rotatable bonds is 8. The molecule has 0 bridgehead atoms. The van der Waals surface area contributed by atoms with Crippen LogP contribution in [-0.2, 0) is 22.5 Å². The molecule has 0 atom stereocenters. The lowest BCUT2D eigenvalue weighted by molar-refractivity contribution is -0.124. The predicted octanol–water partition coefficient (Wildman–Crippen LogP) is 2.47. The normalized spacial score (nSPS) is 10.9. The molecule has 6 heteroatoms. The van der Waals surface area contributed by atoms with E-state index >= 15 is 0 Å². The first-order chi connectivity index (χ1) is 11.1. The van der Waals surface area contributed by atoms with E-state index in [1.54, 1.807) is 0 Å². The molecule has 1 amide bonds. The maximum atomic E-state index is 11.6. The van der Waals surface area contributed by atoms with Crippen LogP contribution in [0.25, 0.3) is 10.9 Å². The number of ether oxygens (including phenoxy) is 1. The fourth-order valence-electron chi connectivity index (χ4n) is 2.57. The van der Waals surface area contributed by atoms with E-state index in [9.17, 15) is 14.7 Å². The standard InChI is InChI=1S/C17H22N2O4/c1-3-4-5-11-6-7-14-12(8-11)13(16(19-14)17(21)22)9-18-15(20)10-23-2/h6-8,19H,3-5,9-10H2,1-2H3,(H,18,20)(H,21,22). The highest BCUT2D eigenvalue weighted by Gasteiger charge is 2.17. The zero-order chi connectivity index (χ0) is 16.8. The Labute approximate surface area is 134 Å². The SMILES string of the molecule is CCCCc1ccc2[nH]c(C(=O)O)c(CNC(=O)COC)c2c1. The lowest BCUT2D eigenvalue weighted by Gasteiger charge is -2.06. The molecular formula is C17H22N2O4. The topological polar surface area (TPSA) is 91.4 Å². The second-order valence-electron chi connectivity index (χ2n) is 5.48. The summed E-state index contributed by atoms with van der Waals surface area (Å²) in [5, 5.41) is 12.9. The average molecular weight is 318 g/mol. The number of carboxylic acids is 1. The monoisotopic (exact) mass is 318 g/mol. The predicted molar refractivity (Wildman–Crippen MR) is 87.6 cm³/mol. The molecule has 0 spiro atoms. The number of methoxy groups -OCH3 is 1. The number of aromatic carboxylic acids is 1. The van der Waals surface area contributed by atoms with Crippen molar-refractivity contribution in [3.05, 3.63) is 35.0 Å². The van der Waals surface area contributed by atoms with Crippen molar-refractivity contribution in [2.24, 2.45) is 0 Å². The minimum absolute atomic E-state index is 0.0491. The second kappa shape index (κ2) is 7.78. The van der Waals surface area contributed by atoms with Gasteiger partial charge >= 0.3 is 5.97 Å². The van der Waals surface area contributed by atoms with Gasteiger partial charge in [0, 0.05) is 30.1 Å². The van der Waals surface area contributed by atoms with Gasteiger partial charge in [-0.15, -0.1) is 0 Å². The van der Waals surface area contributed by atoms with E-state index in [-0.39, 0.29) is 24.8 Å². The van der Waals surface area contributed by atoms with Crippen LogP contribution >= 0.6 is 0 Å².